The van der Waals surface area contributed by atoms with Crippen molar-refractivity contribution in [2.24, 2.45) is 5.92 Å². The maximum atomic E-state index is 12.1. The Kier molecular flexibility index (Phi) is 4.99. The lowest BCUT2D eigenvalue weighted by atomic mass is 9.85. The molecule has 0 bridgehead atoms. The van der Waals surface area contributed by atoms with E-state index in [2.05, 4.69) is 35.0 Å². The molecule has 98 valence electrons. The van der Waals surface area contributed by atoms with Crippen molar-refractivity contribution in [2.75, 3.05) is 0 Å². The fraction of sp³-hybridized carbons (Fsp3) is 0.562. The fourth-order valence-corrected chi connectivity index (χ4v) is 3.27. The number of hydrogen-bond donors (Lipinski definition) is 0. The molecule has 18 heavy (non-hydrogen) atoms. The molecule has 2 atom stereocenters. The number of carbonyl (C=O) groups excluding carboxylic acids is 1. The fourth-order valence-electron chi connectivity index (χ4n) is 3.01. The molecule has 1 aromatic rings. The summed E-state index contributed by atoms with van der Waals surface area (Å²) in [7, 11) is 0. The Bertz CT molecular complexity index is 396. The van der Waals surface area contributed by atoms with E-state index < -0.39 is 0 Å². The van der Waals surface area contributed by atoms with Gasteiger partial charge in [-0.15, -0.1) is 0 Å². The van der Waals surface area contributed by atoms with Gasteiger partial charge in [0.15, 0.2) is 0 Å². The summed E-state index contributed by atoms with van der Waals surface area (Å²) in [6, 6.07) is 8.30. The van der Waals surface area contributed by atoms with Crippen LogP contribution in [0.5, 0.6) is 0 Å². The number of ketones is 1. The van der Waals surface area contributed by atoms with Crippen molar-refractivity contribution in [3.8, 4) is 0 Å². The molecule has 1 aliphatic carbocycles. The van der Waals surface area contributed by atoms with Gasteiger partial charge in [0.2, 0.25) is 0 Å². The number of carbonyl (C=O) groups is 1. The molecule has 2 heteroatoms. The van der Waals surface area contributed by atoms with E-state index >= 15 is 0 Å². The minimum atomic E-state index is 0.162. The molecule has 0 unspecified atom stereocenters. The molecule has 0 radical (unpaired) electrons. The second-order valence-electron chi connectivity index (χ2n) is 5.29. The maximum Gasteiger partial charge on any atom is 0.140 e. The minimum Gasteiger partial charge on any atom is -0.299 e. The SMILES string of the molecule is CCCCC[C@H]1CCC(=O)[C@@H]1c1ccc(Br)cc1. The monoisotopic (exact) mass is 308 g/mol. The predicted molar refractivity (Wildman–Crippen MR) is 78.8 cm³/mol. The highest BCUT2D eigenvalue weighted by Crippen LogP contribution is 2.40. The van der Waals surface area contributed by atoms with Crippen LogP contribution in [0.2, 0.25) is 0 Å². The van der Waals surface area contributed by atoms with Gasteiger partial charge in [-0.2, -0.15) is 0 Å². The van der Waals surface area contributed by atoms with E-state index in [9.17, 15) is 4.79 Å². The lowest BCUT2D eigenvalue weighted by Crippen LogP contribution is -2.12. The van der Waals surface area contributed by atoms with Gasteiger partial charge < -0.3 is 0 Å². The van der Waals surface area contributed by atoms with Crippen LogP contribution in [0, 0.1) is 5.92 Å². The summed E-state index contributed by atoms with van der Waals surface area (Å²) in [5.41, 5.74) is 1.21. The largest absolute Gasteiger partial charge is 0.299 e. The standard InChI is InChI=1S/C16H21BrO/c1-2-3-4-5-12-8-11-15(18)16(12)13-6-9-14(17)10-7-13/h6-7,9-10,12,16H,2-5,8,11H2,1H3/t12-,16-/m0/s1. The van der Waals surface area contributed by atoms with Crippen LogP contribution in [-0.2, 0) is 4.79 Å². The zero-order chi connectivity index (χ0) is 13.0. The molecule has 1 saturated carbocycles. The summed E-state index contributed by atoms with van der Waals surface area (Å²) < 4.78 is 1.08. The van der Waals surface area contributed by atoms with Gasteiger partial charge >= 0.3 is 0 Å². The van der Waals surface area contributed by atoms with E-state index in [0.29, 0.717) is 11.7 Å². The molecular weight excluding hydrogens is 288 g/mol. The average molecular weight is 309 g/mol. The lowest BCUT2D eigenvalue weighted by Gasteiger charge is -2.18. The number of rotatable bonds is 5. The van der Waals surface area contributed by atoms with Crippen LogP contribution < -0.4 is 0 Å². The summed E-state index contributed by atoms with van der Waals surface area (Å²) in [6.45, 7) is 2.23. The number of Topliss-reactive ketones (excluding diaryl/α,β-unsaturated/α-hetero) is 1. The van der Waals surface area contributed by atoms with Crippen molar-refractivity contribution in [3.63, 3.8) is 0 Å². The molecule has 2 rings (SSSR count). The van der Waals surface area contributed by atoms with Crippen LogP contribution >= 0.6 is 15.9 Å². The third-order valence-electron chi connectivity index (χ3n) is 3.99. The quantitative estimate of drug-likeness (QED) is 0.692. The van der Waals surface area contributed by atoms with Crippen molar-refractivity contribution in [2.45, 2.75) is 51.4 Å². The van der Waals surface area contributed by atoms with Crippen LogP contribution in [0.4, 0.5) is 0 Å². The first-order valence-electron chi connectivity index (χ1n) is 7.00. The third kappa shape index (κ3) is 3.23. The molecule has 1 aliphatic rings. The molecule has 0 amide bonds. The first-order chi connectivity index (χ1) is 8.72. The van der Waals surface area contributed by atoms with E-state index in [1.54, 1.807) is 0 Å². The van der Waals surface area contributed by atoms with Crippen LogP contribution in [0.3, 0.4) is 0 Å². The second-order valence-corrected chi connectivity index (χ2v) is 6.21. The number of hydrogen-bond acceptors (Lipinski definition) is 1. The normalized spacial score (nSPS) is 23.6. The number of halogens is 1. The van der Waals surface area contributed by atoms with Crippen molar-refractivity contribution < 1.29 is 4.79 Å². The minimum absolute atomic E-state index is 0.162. The molecular formula is C16H21BrO. The van der Waals surface area contributed by atoms with Crippen molar-refractivity contribution in [1.82, 2.24) is 0 Å². The molecule has 1 aromatic carbocycles. The van der Waals surface area contributed by atoms with Crippen LogP contribution in [-0.4, -0.2) is 5.78 Å². The third-order valence-corrected chi connectivity index (χ3v) is 4.52. The Labute approximate surface area is 118 Å². The van der Waals surface area contributed by atoms with Gasteiger partial charge in [0.05, 0.1) is 0 Å². The van der Waals surface area contributed by atoms with Crippen molar-refractivity contribution in [3.05, 3.63) is 34.3 Å². The van der Waals surface area contributed by atoms with E-state index in [1.165, 1.54) is 31.2 Å². The van der Waals surface area contributed by atoms with Gasteiger partial charge in [0.1, 0.15) is 5.78 Å². The Hall–Kier alpha value is -0.630. The van der Waals surface area contributed by atoms with E-state index in [4.69, 9.17) is 0 Å². The maximum absolute atomic E-state index is 12.1. The summed E-state index contributed by atoms with van der Waals surface area (Å²) in [4.78, 5) is 12.1. The van der Waals surface area contributed by atoms with Crippen LogP contribution in [0.15, 0.2) is 28.7 Å². The Morgan fingerprint density at radius 1 is 1.22 bits per heavy atom. The summed E-state index contributed by atoms with van der Waals surface area (Å²) in [5, 5.41) is 0. The van der Waals surface area contributed by atoms with Gasteiger partial charge in [0.25, 0.3) is 0 Å². The number of benzene rings is 1. The average Bonchev–Trinajstić information content (AvgIpc) is 2.72. The van der Waals surface area contributed by atoms with Gasteiger partial charge in [-0.05, 0) is 36.5 Å². The molecule has 0 aliphatic heterocycles. The van der Waals surface area contributed by atoms with Gasteiger partial charge in [-0.1, -0.05) is 54.2 Å². The highest BCUT2D eigenvalue weighted by molar-refractivity contribution is 9.10. The zero-order valence-electron chi connectivity index (χ0n) is 11.0. The molecule has 0 heterocycles. The van der Waals surface area contributed by atoms with Gasteiger partial charge in [0, 0.05) is 16.8 Å². The molecule has 0 saturated heterocycles. The summed E-state index contributed by atoms with van der Waals surface area (Å²) >= 11 is 3.45. The predicted octanol–water partition coefficient (Wildman–Crippen LogP) is 5.09. The molecule has 1 fully saturated rings. The lowest BCUT2D eigenvalue weighted by molar-refractivity contribution is -0.119. The highest BCUT2D eigenvalue weighted by Gasteiger charge is 2.34. The Balaban J connectivity index is 2.07. The second kappa shape index (κ2) is 6.51. The van der Waals surface area contributed by atoms with Crippen molar-refractivity contribution >= 4 is 21.7 Å². The van der Waals surface area contributed by atoms with E-state index in [0.717, 1.165) is 17.3 Å². The van der Waals surface area contributed by atoms with Gasteiger partial charge in [-0.25, -0.2) is 0 Å². The van der Waals surface area contributed by atoms with Gasteiger partial charge in [-0.3, -0.25) is 4.79 Å². The smallest absolute Gasteiger partial charge is 0.140 e. The van der Waals surface area contributed by atoms with E-state index in [1.807, 2.05) is 12.1 Å². The first-order valence-corrected chi connectivity index (χ1v) is 7.80. The summed E-state index contributed by atoms with van der Waals surface area (Å²) in [5.74, 6) is 1.18. The molecule has 0 aromatic heterocycles. The summed E-state index contributed by atoms with van der Waals surface area (Å²) in [6.07, 6.45) is 6.88. The topological polar surface area (TPSA) is 17.1 Å². The molecule has 1 nitrogen and oxygen atoms in total. The van der Waals surface area contributed by atoms with Crippen LogP contribution in [0.1, 0.15) is 56.9 Å². The van der Waals surface area contributed by atoms with Crippen molar-refractivity contribution in [1.29, 1.82) is 0 Å². The Morgan fingerprint density at radius 3 is 2.61 bits per heavy atom. The Morgan fingerprint density at radius 2 is 1.94 bits per heavy atom. The zero-order valence-corrected chi connectivity index (χ0v) is 12.6. The van der Waals surface area contributed by atoms with Crippen LogP contribution in [0.25, 0.3) is 0 Å². The van der Waals surface area contributed by atoms with E-state index in [-0.39, 0.29) is 5.92 Å². The first kappa shape index (κ1) is 13.8. The number of unbranched alkanes of at least 4 members (excludes halogenated alkanes) is 2. The molecule has 0 spiro atoms. The highest BCUT2D eigenvalue weighted by atomic mass is 79.9. The molecule has 0 N–H and O–H groups in total.